The number of hydrogen-bond donors (Lipinski definition) is 1. The molecule has 1 amide bonds. The lowest BCUT2D eigenvalue weighted by atomic mass is 10.0. The molecule has 8 nitrogen and oxygen atoms in total. The molecule has 1 fully saturated rings. The molecule has 0 saturated carbocycles. The Hall–Kier alpha value is -3.73. The van der Waals surface area contributed by atoms with E-state index < -0.39 is 24.3 Å². The topological polar surface area (TPSA) is 97.5 Å². The number of aryl methyl sites for hydroxylation is 1. The Kier molecular flexibility index (Phi) is 5.79. The molecule has 0 spiro atoms. The Morgan fingerprint density at radius 3 is 2.77 bits per heavy atom. The third kappa shape index (κ3) is 3.85. The molecule has 0 unspecified atom stereocenters. The van der Waals surface area contributed by atoms with Crippen LogP contribution in [-0.2, 0) is 6.54 Å². The summed E-state index contributed by atoms with van der Waals surface area (Å²) in [6, 6.07) is 5.71. The van der Waals surface area contributed by atoms with Crippen molar-refractivity contribution in [3.63, 3.8) is 0 Å². The largest absolute Gasteiger partial charge is 0.496 e. The molecule has 2 atom stereocenters. The molecule has 2 aromatic heterocycles. The number of fused-ring (bicyclic) bond motifs is 1. The van der Waals surface area contributed by atoms with Gasteiger partial charge in [0.2, 0.25) is 5.95 Å². The van der Waals surface area contributed by atoms with E-state index in [0.29, 0.717) is 34.7 Å². The van der Waals surface area contributed by atoms with Crippen molar-refractivity contribution in [3.05, 3.63) is 59.2 Å². The van der Waals surface area contributed by atoms with Crippen LogP contribution >= 0.6 is 0 Å². The van der Waals surface area contributed by atoms with Crippen LogP contribution in [0.15, 0.2) is 36.5 Å². The summed E-state index contributed by atoms with van der Waals surface area (Å²) in [5, 5.41) is 0. The molecule has 4 heterocycles. The number of nitrogens with two attached hydrogens (primary N) is 1. The van der Waals surface area contributed by atoms with Gasteiger partial charge in [-0.15, -0.1) is 0 Å². The van der Waals surface area contributed by atoms with Gasteiger partial charge in [0.05, 0.1) is 24.9 Å². The number of carbonyl (C=O) groups excluding carboxylic acids is 1. The van der Waals surface area contributed by atoms with Crippen LogP contribution in [0, 0.1) is 12.7 Å². The fraction of sp³-hybridized carbons (Fsp3) is 0.333. The summed E-state index contributed by atoms with van der Waals surface area (Å²) in [6.45, 7) is 2.06. The Labute approximate surface area is 199 Å². The van der Waals surface area contributed by atoms with Crippen molar-refractivity contribution in [2.75, 3.05) is 23.5 Å². The van der Waals surface area contributed by atoms with Gasteiger partial charge in [-0.1, -0.05) is 6.07 Å². The molecule has 2 N–H and O–H groups in total. The summed E-state index contributed by atoms with van der Waals surface area (Å²) < 4.78 is 47.5. The predicted molar refractivity (Wildman–Crippen MR) is 123 cm³/mol. The average Bonchev–Trinajstić information content (AvgIpc) is 3.39. The molecule has 2 aliphatic heterocycles. The maximum Gasteiger partial charge on any atom is 0.260 e. The van der Waals surface area contributed by atoms with Crippen LogP contribution in [0.1, 0.15) is 28.0 Å². The fourth-order valence-electron chi connectivity index (χ4n) is 4.73. The second-order valence-corrected chi connectivity index (χ2v) is 8.53. The second kappa shape index (κ2) is 8.81. The van der Waals surface area contributed by atoms with Gasteiger partial charge in [0.15, 0.2) is 0 Å². The quantitative estimate of drug-likeness (QED) is 0.593. The summed E-state index contributed by atoms with van der Waals surface area (Å²) in [6.07, 6.45) is -0.839. The first-order valence-corrected chi connectivity index (χ1v) is 11.1. The van der Waals surface area contributed by atoms with Crippen molar-refractivity contribution in [1.29, 1.82) is 0 Å². The molecule has 0 aliphatic carbocycles. The molecule has 0 bridgehead atoms. The van der Waals surface area contributed by atoms with Crippen molar-refractivity contribution in [2.24, 2.45) is 5.73 Å². The van der Waals surface area contributed by atoms with Crippen molar-refractivity contribution in [1.82, 2.24) is 15.0 Å². The van der Waals surface area contributed by atoms with Gasteiger partial charge in [-0.2, -0.15) is 4.98 Å². The Bertz CT molecular complexity index is 1300. The monoisotopic (exact) mass is 484 g/mol. The van der Waals surface area contributed by atoms with Gasteiger partial charge in [-0.05, 0) is 31.5 Å². The van der Waals surface area contributed by atoms with E-state index in [1.807, 2.05) is 0 Å². The predicted octanol–water partition coefficient (Wildman–Crippen LogP) is 3.33. The van der Waals surface area contributed by atoms with Gasteiger partial charge >= 0.3 is 0 Å². The van der Waals surface area contributed by atoms with Gasteiger partial charge in [0.25, 0.3) is 12.3 Å². The van der Waals surface area contributed by atoms with E-state index in [0.717, 1.165) is 0 Å². The lowest BCUT2D eigenvalue weighted by Crippen LogP contribution is -2.45. The summed E-state index contributed by atoms with van der Waals surface area (Å²) in [7, 11) is 1.43. The number of ether oxygens (including phenoxy) is 1. The Morgan fingerprint density at radius 1 is 1.23 bits per heavy atom. The fourth-order valence-corrected chi connectivity index (χ4v) is 4.73. The number of nitrogens with zero attached hydrogens (tertiary/aromatic N) is 5. The first-order valence-electron chi connectivity index (χ1n) is 11.1. The van der Waals surface area contributed by atoms with E-state index in [-0.39, 0.29) is 36.3 Å². The SMILES string of the molecule is COc1cccc(F)c1-c1nccc2c1CN(c1cc(C)nc(N3CC[C@@H](N)[C@@H]3C(F)F)n1)C2=O. The van der Waals surface area contributed by atoms with Crippen LogP contribution < -0.4 is 20.3 Å². The highest BCUT2D eigenvalue weighted by atomic mass is 19.3. The molecular formula is C24H23F3N6O2. The number of benzene rings is 1. The molecule has 1 aromatic carbocycles. The van der Waals surface area contributed by atoms with Crippen molar-refractivity contribution < 1.29 is 22.7 Å². The molecule has 1 saturated heterocycles. The van der Waals surface area contributed by atoms with Crippen LogP contribution in [0.25, 0.3) is 11.3 Å². The highest BCUT2D eigenvalue weighted by Gasteiger charge is 2.40. The van der Waals surface area contributed by atoms with Crippen LogP contribution in [-0.4, -0.2) is 53.0 Å². The summed E-state index contributed by atoms with van der Waals surface area (Å²) in [5.74, 6) is -0.239. The van der Waals surface area contributed by atoms with Crippen molar-refractivity contribution >= 4 is 17.7 Å². The third-order valence-corrected chi connectivity index (χ3v) is 6.40. The summed E-state index contributed by atoms with van der Waals surface area (Å²) in [5.41, 5.74) is 7.74. The average molecular weight is 484 g/mol. The standard InChI is InChI=1S/C24H23F3N6O2/c1-12-10-18(31-24(30-12)32-9-7-16(28)21(32)22(26)27)33-11-14-13(23(33)34)6-8-29-20(14)19-15(25)4-3-5-17(19)35-2/h3-6,8,10,16,21-22H,7,9,11,28H2,1-2H3/t16-,21-/m1/s1. The number of anilines is 2. The number of alkyl halides is 2. The number of amides is 1. The van der Waals surface area contributed by atoms with Gasteiger partial charge < -0.3 is 15.4 Å². The first-order chi connectivity index (χ1) is 16.8. The number of hydrogen-bond acceptors (Lipinski definition) is 7. The number of rotatable bonds is 5. The molecule has 5 rings (SSSR count). The normalized spacial score (nSPS) is 19.6. The third-order valence-electron chi connectivity index (χ3n) is 6.40. The second-order valence-electron chi connectivity index (χ2n) is 8.53. The molecule has 0 radical (unpaired) electrons. The van der Waals surface area contributed by atoms with Gasteiger partial charge in [0.1, 0.15) is 23.4 Å². The lowest BCUT2D eigenvalue weighted by Gasteiger charge is -2.27. The molecule has 2 aliphatic rings. The van der Waals surface area contributed by atoms with E-state index in [9.17, 15) is 18.0 Å². The van der Waals surface area contributed by atoms with E-state index in [2.05, 4.69) is 15.0 Å². The number of carbonyl (C=O) groups is 1. The zero-order valence-electron chi connectivity index (χ0n) is 19.1. The smallest absolute Gasteiger partial charge is 0.260 e. The minimum atomic E-state index is -2.66. The maximum atomic E-state index is 14.8. The molecule has 182 valence electrons. The van der Waals surface area contributed by atoms with Crippen molar-refractivity contribution in [3.8, 4) is 17.0 Å². The number of aromatic nitrogens is 3. The number of pyridine rings is 1. The molecule has 11 heteroatoms. The first kappa shape index (κ1) is 23.0. The summed E-state index contributed by atoms with van der Waals surface area (Å²) in [4.78, 5) is 29.3. The van der Waals surface area contributed by atoms with E-state index in [1.165, 1.54) is 35.2 Å². The molecule has 3 aromatic rings. The van der Waals surface area contributed by atoms with Gasteiger partial charge in [-0.3, -0.25) is 14.7 Å². The molecule has 35 heavy (non-hydrogen) atoms. The number of halogens is 3. The highest BCUT2D eigenvalue weighted by Crippen LogP contribution is 2.39. The highest BCUT2D eigenvalue weighted by molar-refractivity contribution is 6.10. The van der Waals surface area contributed by atoms with E-state index in [1.54, 1.807) is 25.1 Å². The summed E-state index contributed by atoms with van der Waals surface area (Å²) >= 11 is 0. The van der Waals surface area contributed by atoms with Crippen LogP contribution in [0.5, 0.6) is 5.75 Å². The van der Waals surface area contributed by atoms with E-state index >= 15 is 0 Å². The van der Waals surface area contributed by atoms with Gasteiger partial charge in [-0.25, -0.2) is 18.2 Å². The van der Waals surface area contributed by atoms with Crippen LogP contribution in [0.2, 0.25) is 0 Å². The zero-order valence-corrected chi connectivity index (χ0v) is 19.1. The minimum Gasteiger partial charge on any atom is -0.496 e. The maximum absolute atomic E-state index is 14.8. The minimum absolute atomic E-state index is 0.0719. The van der Waals surface area contributed by atoms with E-state index in [4.69, 9.17) is 10.5 Å². The number of methoxy groups -OCH3 is 1. The van der Waals surface area contributed by atoms with Crippen molar-refractivity contribution in [2.45, 2.75) is 38.4 Å². The van der Waals surface area contributed by atoms with Crippen LogP contribution in [0.3, 0.4) is 0 Å². The Morgan fingerprint density at radius 2 is 2.03 bits per heavy atom. The lowest BCUT2D eigenvalue weighted by molar-refractivity contribution is 0.0995. The van der Waals surface area contributed by atoms with Crippen LogP contribution in [0.4, 0.5) is 24.9 Å². The zero-order chi connectivity index (χ0) is 24.9. The molecular weight excluding hydrogens is 461 g/mol. The van der Waals surface area contributed by atoms with Gasteiger partial charge in [0, 0.05) is 41.7 Å². The Balaban J connectivity index is 1.55.